The third kappa shape index (κ3) is 2.56. The van der Waals surface area contributed by atoms with Crippen LogP contribution in [-0.2, 0) is 7.05 Å². The maximum Gasteiger partial charge on any atom is 0.255 e. The van der Waals surface area contributed by atoms with Gasteiger partial charge < -0.3 is 14.4 Å². The van der Waals surface area contributed by atoms with Gasteiger partial charge in [-0.2, -0.15) is 0 Å². The highest BCUT2D eigenvalue weighted by molar-refractivity contribution is 5.44. The monoisotopic (exact) mass is 315 g/mol. The van der Waals surface area contributed by atoms with Crippen LogP contribution in [0.2, 0.25) is 0 Å². The topological polar surface area (TPSA) is 54.3 Å². The second-order valence-electron chi connectivity index (χ2n) is 6.36. The van der Waals surface area contributed by atoms with E-state index in [0.717, 1.165) is 37.8 Å². The lowest BCUT2D eigenvalue weighted by molar-refractivity contribution is 0.533. The number of aromatic nitrogens is 3. The molecule has 2 atom stereocenters. The van der Waals surface area contributed by atoms with Crippen LogP contribution in [0.1, 0.15) is 0 Å². The van der Waals surface area contributed by atoms with Crippen LogP contribution in [0.5, 0.6) is 0 Å². The molecule has 23 heavy (non-hydrogen) atoms. The molecule has 0 spiro atoms. The van der Waals surface area contributed by atoms with Crippen LogP contribution in [0.15, 0.2) is 35.5 Å². The second-order valence-corrected chi connectivity index (χ2v) is 6.36. The molecule has 2 saturated heterocycles. The Morgan fingerprint density at radius 3 is 2.26 bits per heavy atom. The maximum absolute atomic E-state index is 13.0. The minimum atomic E-state index is -0.309. The summed E-state index contributed by atoms with van der Waals surface area (Å²) in [6, 6.07) is 4.78. The van der Waals surface area contributed by atoms with Gasteiger partial charge in [0.1, 0.15) is 17.5 Å². The highest BCUT2D eigenvalue weighted by Gasteiger charge is 2.40. The fraction of sp³-hybridized carbons (Fsp3) is 0.438. The maximum atomic E-state index is 13.0. The van der Waals surface area contributed by atoms with Crippen LogP contribution in [-0.4, -0.2) is 40.7 Å². The third-order valence-electron chi connectivity index (χ3n) is 4.81. The van der Waals surface area contributed by atoms with Crippen molar-refractivity contribution in [2.45, 2.75) is 0 Å². The summed E-state index contributed by atoms with van der Waals surface area (Å²) in [4.78, 5) is 24.7. The standard InChI is InChI=1S/C16H18FN5O/c1-20-10-19-15(4-16(20)23)22-8-11-6-21(7-12(11)9-22)14-3-2-13(17)5-18-14/h2-5,10-12H,6-9H2,1H3. The van der Waals surface area contributed by atoms with Crippen molar-refractivity contribution < 1.29 is 4.39 Å². The normalized spacial score (nSPS) is 23.4. The zero-order valence-corrected chi connectivity index (χ0v) is 12.9. The first-order chi connectivity index (χ1) is 11.1. The molecule has 0 radical (unpaired) electrons. The van der Waals surface area contributed by atoms with Crippen molar-refractivity contribution in [2.75, 3.05) is 36.0 Å². The van der Waals surface area contributed by atoms with Crippen molar-refractivity contribution in [2.24, 2.45) is 18.9 Å². The summed E-state index contributed by atoms with van der Waals surface area (Å²) in [5.74, 6) is 2.32. The number of anilines is 2. The van der Waals surface area contributed by atoms with Gasteiger partial charge in [0.05, 0.1) is 12.5 Å². The first-order valence-electron chi connectivity index (χ1n) is 7.74. The van der Waals surface area contributed by atoms with Gasteiger partial charge in [0.2, 0.25) is 0 Å². The number of rotatable bonds is 2. The Morgan fingerprint density at radius 2 is 1.70 bits per heavy atom. The molecule has 2 aromatic heterocycles. The molecule has 0 aliphatic carbocycles. The van der Waals surface area contributed by atoms with Crippen molar-refractivity contribution >= 4 is 11.6 Å². The van der Waals surface area contributed by atoms with E-state index in [4.69, 9.17) is 0 Å². The molecular formula is C16H18FN5O. The zero-order valence-electron chi connectivity index (χ0n) is 12.9. The van der Waals surface area contributed by atoms with Gasteiger partial charge in [-0.15, -0.1) is 0 Å². The van der Waals surface area contributed by atoms with E-state index in [1.54, 1.807) is 25.5 Å². The highest BCUT2D eigenvalue weighted by Crippen LogP contribution is 2.34. The Kier molecular flexibility index (Phi) is 3.28. The average Bonchev–Trinajstić information content (AvgIpc) is 3.09. The number of fused-ring (bicyclic) bond motifs is 1. The number of aryl methyl sites for hydroxylation is 1. The minimum absolute atomic E-state index is 0.0378. The van der Waals surface area contributed by atoms with E-state index >= 15 is 0 Å². The van der Waals surface area contributed by atoms with Crippen molar-refractivity contribution in [3.05, 3.63) is 46.9 Å². The fourth-order valence-electron chi connectivity index (χ4n) is 3.55. The predicted octanol–water partition coefficient (Wildman–Crippen LogP) is 0.887. The molecule has 0 bridgehead atoms. The molecule has 0 aromatic carbocycles. The Morgan fingerprint density at radius 1 is 1.04 bits per heavy atom. The molecule has 0 saturated carbocycles. The molecule has 4 rings (SSSR count). The molecule has 7 heteroatoms. The molecule has 2 fully saturated rings. The van der Waals surface area contributed by atoms with Gasteiger partial charge in [-0.1, -0.05) is 0 Å². The lowest BCUT2D eigenvalue weighted by atomic mass is 10.0. The number of halogens is 1. The number of hydrogen-bond donors (Lipinski definition) is 0. The molecule has 0 N–H and O–H groups in total. The zero-order chi connectivity index (χ0) is 16.0. The fourth-order valence-corrected chi connectivity index (χ4v) is 3.55. The van der Waals surface area contributed by atoms with E-state index in [2.05, 4.69) is 19.8 Å². The van der Waals surface area contributed by atoms with Crippen LogP contribution in [0, 0.1) is 17.7 Å². The summed E-state index contributed by atoms with van der Waals surface area (Å²) in [5, 5.41) is 0. The molecule has 120 valence electrons. The second kappa shape index (κ2) is 5.33. The lowest BCUT2D eigenvalue weighted by Crippen LogP contribution is -2.30. The van der Waals surface area contributed by atoms with Crippen molar-refractivity contribution in [3.63, 3.8) is 0 Å². The van der Waals surface area contributed by atoms with Crippen LogP contribution in [0.3, 0.4) is 0 Å². The summed E-state index contributed by atoms with van der Waals surface area (Å²) < 4.78 is 14.5. The van der Waals surface area contributed by atoms with E-state index in [9.17, 15) is 9.18 Å². The third-order valence-corrected chi connectivity index (χ3v) is 4.81. The van der Waals surface area contributed by atoms with Gasteiger partial charge in [-0.05, 0) is 12.1 Å². The van der Waals surface area contributed by atoms with Crippen LogP contribution >= 0.6 is 0 Å². The SMILES string of the molecule is Cn1cnc(N2CC3CN(c4ccc(F)cn4)CC3C2)cc1=O. The van der Waals surface area contributed by atoms with E-state index in [0.29, 0.717) is 11.8 Å². The van der Waals surface area contributed by atoms with Crippen LogP contribution in [0.25, 0.3) is 0 Å². The summed E-state index contributed by atoms with van der Waals surface area (Å²) in [6.45, 7) is 3.60. The van der Waals surface area contributed by atoms with Crippen LogP contribution < -0.4 is 15.4 Å². The summed E-state index contributed by atoms with van der Waals surface area (Å²) in [5.41, 5.74) is -0.0378. The number of nitrogens with zero attached hydrogens (tertiary/aromatic N) is 5. The number of hydrogen-bond acceptors (Lipinski definition) is 5. The smallest absolute Gasteiger partial charge is 0.255 e. The Bertz CT molecular complexity index is 761. The summed E-state index contributed by atoms with van der Waals surface area (Å²) in [6.07, 6.45) is 2.83. The minimum Gasteiger partial charge on any atom is -0.356 e. The number of pyridine rings is 1. The molecule has 2 unspecified atom stereocenters. The summed E-state index contributed by atoms with van der Waals surface area (Å²) >= 11 is 0. The highest BCUT2D eigenvalue weighted by atomic mass is 19.1. The van der Waals surface area contributed by atoms with Crippen molar-refractivity contribution in [1.82, 2.24) is 14.5 Å². The quantitative estimate of drug-likeness (QED) is 0.824. The Labute approximate surface area is 133 Å². The molecule has 6 nitrogen and oxygen atoms in total. The van der Waals surface area contributed by atoms with Gasteiger partial charge in [-0.25, -0.2) is 14.4 Å². The summed E-state index contributed by atoms with van der Waals surface area (Å²) in [7, 11) is 1.70. The lowest BCUT2D eigenvalue weighted by Gasteiger charge is -2.23. The van der Waals surface area contributed by atoms with Crippen molar-refractivity contribution in [1.29, 1.82) is 0 Å². The van der Waals surface area contributed by atoms with Gasteiger partial charge in [-0.3, -0.25) is 4.79 Å². The van der Waals surface area contributed by atoms with E-state index in [1.165, 1.54) is 16.8 Å². The first kappa shape index (κ1) is 14.2. The molecule has 0 amide bonds. The Balaban J connectivity index is 1.46. The van der Waals surface area contributed by atoms with Crippen molar-refractivity contribution in [3.8, 4) is 0 Å². The largest absolute Gasteiger partial charge is 0.356 e. The average molecular weight is 315 g/mol. The molecule has 2 aromatic rings. The van der Waals surface area contributed by atoms with Gasteiger partial charge in [0.25, 0.3) is 5.56 Å². The molecule has 4 heterocycles. The van der Waals surface area contributed by atoms with Gasteiger partial charge >= 0.3 is 0 Å². The van der Waals surface area contributed by atoms with Gasteiger partial charge in [0.15, 0.2) is 0 Å². The van der Waals surface area contributed by atoms with Gasteiger partial charge in [0, 0.05) is 51.1 Å². The van der Waals surface area contributed by atoms with E-state index in [1.807, 2.05) is 0 Å². The predicted molar refractivity (Wildman–Crippen MR) is 85.1 cm³/mol. The molecular weight excluding hydrogens is 297 g/mol. The molecule has 2 aliphatic rings. The van der Waals surface area contributed by atoms with E-state index < -0.39 is 0 Å². The van der Waals surface area contributed by atoms with E-state index in [-0.39, 0.29) is 11.4 Å². The molecule has 2 aliphatic heterocycles. The van der Waals surface area contributed by atoms with Crippen LogP contribution in [0.4, 0.5) is 16.0 Å². The Hall–Kier alpha value is -2.44. The first-order valence-corrected chi connectivity index (χ1v) is 7.74.